The lowest BCUT2D eigenvalue weighted by atomic mass is 9.82. The highest BCUT2D eigenvalue weighted by Gasteiger charge is 2.41. The van der Waals surface area contributed by atoms with Crippen molar-refractivity contribution < 1.29 is 9.53 Å². The van der Waals surface area contributed by atoms with Gasteiger partial charge in [-0.25, -0.2) is 0 Å². The third-order valence-electron chi connectivity index (χ3n) is 4.40. The molecule has 108 valence electrons. The number of ether oxygens (including phenoxy) is 1. The first-order valence-corrected chi connectivity index (χ1v) is 7.20. The normalized spacial score (nSPS) is 26.1. The van der Waals surface area contributed by atoms with E-state index in [1.807, 2.05) is 4.90 Å². The second kappa shape index (κ2) is 5.40. The molecule has 20 heavy (non-hydrogen) atoms. The summed E-state index contributed by atoms with van der Waals surface area (Å²) >= 11 is 0. The molecule has 0 aliphatic carbocycles. The van der Waals surface area contributed by atoms with Crippen molar-refractivity contribution in [2.75, 3.05) is 26.3 Å². The van der Waals surface area contributed by atoms with Crippen molar-refractivity contribution >= 4 is 5.91 Å². The zero-order valence-corrected chi connectivity index (χ0v) is 11.6. The van der Waals surface area contributed by atoms with E-state index in [0.29, 0.717) is 0 Å². The van der Waals surface area contributed by atoms with Crippen LogP contribution in [0.25, 0.3) is 0 Å². The summed E-state index contributed by atoms with van der Waals surface area (Å²) in [6, 6.07) is 4.94. The molecule has 1 atom stereocenters. The summed E-state index contributed by atoms with van der Waals surface area (Å²) in [6.07, 6.45) is 4.90. The van der Waals surface area contributed by atoms with Crippen LogP contribution in [-0.2, 0) is 16.1 Å². The number of amides is 1. The fraction of sp³-hybridized carbons (Fsp3) is 0.600. The van der Waals surface area contributed by atoms with Crippen LogP contribution in [0.15, 0.2) is 29.2 Å². The number of pyridine rings is 1. The van der Waals surface area contributed by atoms with Gasteiger partial charge in [0, 0.05) is 37.4 Å². The van der Waals surface area contributed by atoms with Crippen molar-refractivity contribution in [2.45, 2.75) is 25.8 Å². The van der Waals surface area contributed by atoms with E-state index in [1.165, 1.54) is 10.6 Å². The molecule has 5 heteroatoms. The Morgan fingerprint density at radius 1 is 1.35 bits per heavy atom. The lowest BCUT2D eigenvalue weighted by Crippen LogP contribution is -2.39. The van der Waals surface area contributed by atoms with E-state index < -0.39 is 0 Å². The molecule has 2 aliphatic heterocycles. The molecular formula is C15H20N2O3. The van der Waals surface area contributed by atoms with Gasteiger partial charge in [0.1, 0.15) is 6.54 Å². The summed E-state index contributed by atoms with van der Waals surface area (Å²) < 4.78 is 7.04. The average Bonchev–Trinajstić information content (AvgIpc) is 2.86. The van der Waals surface area contributed by atoms with E-state index >= 15 is 0 Å². The molecule has 2 fully saturated rings. The maximum atomic E-state index is 12.3. The number of aromatic nitrogens is 1. The van der Waals surface area contributed by atoms with Gasteiger partial charge in [0.25, 0.3) is 5.56 Å². The fourth-order valence-corrected chi connectivity index (χ4v) is 3.22. The molecule has 2 saturated heterocycles. The second-order valence-corrected chi connectivity index (χ2v) is 5.89. The second-order valence-electron chi connectivity index (χ2n) is 5.89. The van der Waals surface area contributed by atoms with E-state index in [9.17, 15) is 9.59 Å². The van der Waals surface area contributed by atoms with Crippen LogP contribution in [-0.4, -0.2) is 41.7 Å². The zero-order chi connectivity index (χ0) is 14.0. The number of hydrogen-bond acceptors (Lipinski definition) is 3. The van der Waals surface area contributed by atoms with Crippen molar-refractivity contribution in [1.29, 1.82) is 0 Å². The fourth-order valence-electron chi connectivity index (χ4n) is 3.22. The van der Waals surface area contributed by atoms with E-state index in [2.05, 4.69) is 0 Å². The van der Waals surface area contributed by atoms with Crippen LogP contribution in [0.2, 0.25) is 0 Å². The Kier molecular flexibility index (Phi) is 3.61. The van der Waals surface area contributed by atoms with Gasteiger partial charge in [-0.3, -0.25) is 9.59 Å². The summed E-state index contributed by atoms with van der Waals surface area (Å²) in [5, 5.41) is 0. The highest BCUT2D eigenvalue weighted by atomic mass is 16.5. The van der Waals surface area contributed by atoms with E-state index in [0.717, 1.165) is 45.6 Å². The molecule has 1 unspecified atom stereocenters. The summed E-state index contributed by atoms with van der Waals surface area (Å²) in [4.78, 5) is 25.8. The molecule has 1 amide bonds. The monoisotopic (exact) mass is 276 g/mol. The van der Waals surface area contributed by atoms with Gasteiger partial charge < -0.3 is 14.2 Å². The summed E-state index contributed by atoms with van der Waals surface area (Å²) in [6.45, 7) is 3.30. The van der Waals surface area contributed by atoms with Gasteiger partial charge in [0.2, 0.25) is 5.91 Å². The predicted octanol–water partition coefficient (Wildman–Crippen LogP) is 0.877. The molecule has 0 N–H and O–H groups in total. The van der Waals surface area contributed by atoms with Crippen LogP contribution in [0.5, 0.6) is 0 Å². The van der Waals surface area contributed by atoms with E-state index in [4.69, 9.17) is 4.74 Å². The van der Waals surface area contributed by atoms with Crippen molar-refractivity contribution in [2.24, 2.45) is 5.41 Å². The number of rotatable bonds is 2. The highest BCUT2D eigenvalue weighted by Crippen LogP contribution is 2.37. The molecule has 0 aromatic carbocycles. The van der Waals surface area contributed by atoms with Gasteiger partial charge in [-0.15, -0.1) is 0 Å². The Morgan fingerprint density at radius 3 is 3.00 bits per heavy atom. The molecule has 2 aliphatic rings. The molecule has 1 spiro atoms. The van der Waals surface area contributed by atoms with Gasteiger partial charge in [-0.05, 0) is 25.3 Å². The first-order valence-electron chi connectivity index (χ1n) is 7.20. The topological polar surface area (TPSA) is 51.5 Å². The van der Waals surface area contributed by atoms with E-state index in [-0.39, 0.29) is 23.4 Å². The number of carbonyl (C=O) groups excluding carboxylic acids is 1. The molecule has 1 aromatic heterocycles. The molecule has 0 saturated carbocycles. The van der Waals surface area contributed by atoms with Crippen LogP contribution in [0.1, 0.15) is 19.3 Å². The number of likely N-dealkylation sites (tertiary alicyclic amines) is 1. The smallest absolute Gasteiger partial charge is 0.250 e. The summed E-state index contributed by atoms with van der Waals surface area (Å²) in [5.41, 5.74) is 0.0333. The highest BCUT2D eigenvalue weighted by molar-refractivity contribution is 5.76. The third-order valence-corrected chi connectivity index (χ3v) is 4.40. The number of carbonyl (C=O) groups is 1. The molecule has 5 nitrogen and oxygen atoms in total. The van der Waals surface area contributed by atoms with E-state index in [1.54, 1.807) is 18.3 Å². The van der Waals surface area contributed by atoms with Crippen molar-refractivity contribution in [1.82, 2.24) is 9.47 Å². The quantitative estimate of drug-likeness (QED) is 0.805. The van der Waals surface area contributed by atoms with Crippen LogP contribution >= 0.6 is 0 Å². The minimum absolute atomic E-state index is 0.0285. The maximum Gasteiger partial charge on any atom is 0.250 e. The molecule has 0 radical (unpaired) electrons. The third kappa shape index (κ3) is 2.63. The SMILES string of the molecule is O=C(Cn1ccccc1=O)N1CCC2(CCCOC2)C1. The zero-order valence-electron chi connectivity index (χ0n) is 11.6. The Hall–Kier alpha value is -1.62. The van der Waals surface area contributed by atoms with Crippen LogP contribution in [0.3, 0.4) is 0 Å². The van der Waals surface area contributed by atoms with Crippen LogP contribution < -0.4 is 5.56 Å². The molecule has 3 heterocycles. The number of nitrogens with zero attached hydrogens (tertiary/aromatic N) is 2. The van der Waals surface area contributed by atoms with Crippen molar-refractivity contribution in [3.63, 3.8) is 0 Å². The minimum atomic E-state index is -0.129. The summed E-state index contributed by atoms with van der Waals surface area (Å²) in [7, 11) is 0. The van der Waals surface area contributed by atoms with Gasteiger partial charge in [-0.1, -0.05) is 6.07 Å². The molecule has 0 bridgehead atoms. The standard InChI is InChI=1S/C15H20N2O3/c18-13-4-1-2-7-16(13)10-14(19)17-8-6-15(11-17)5-3-9-20-12-15/h1-2,4,7H,3,5-6,8-12H2. The number of hydrogen-bond donors (Lipinski definition) is 0. The summed E-state index contributed by atoms with van der Waals surface area (Å²) in [5.74, 6) is 0.0285. The average molecular weight is 276 g/mol. The Balaban J connectivity index is 1.64. The van der Waals surface area contributed by atoms with Crippen molar-refractivity contribution in [3.05, 3.63) is 34.7 Å². The maximum absolute atomic E-state index is 12.3. The lowest BCUT2D eigenvalue weighted by Gasteiger charge is -2.33. The van der Waals surface area contributed by atoms with Gasteiger partial charge in [-0.2, -0.15) is 0 Å². The van der Waals surface area contributed by atoms with Gasteiger partial charge >= 0.3 is 0 Å². The Bertz CT molecular complexity index is 546. The van der Waals surface area contributed by atoms with Crippen molar-refractivity contribution in [3.8, 4) is 0 Å². The first-order chi connectivity index (χ1) is 9.69. The lowest BCUT2D eigenvalue weighted by molar-refractivity contribution is -0.131. The predicted molar refractivity (Wildman–Crippen MR) is 74.4 cm³/mol. The molecule has 3 rings (SSSR count). The largest absolute Gasteiger partial charge is 0.381 e. The first kappa shape index (κ1) is 13.4. The Labute approximate surface area is 118 Å². The van der Waals surface area contributed by atoms with Gasteiger partial charge in [0.05, 0.1) is 6.61 Å². The van der Waals surface area contributed by atoms with Gasteiger partial charge in [0.15, 0.2) is 0 Å². The minimum Gasteiger partial charge on any atom is -0.381 e. The van der Waals surface area contributed by atoms with Crippen LogP contribution in [0.4, 0.5) is 0 Å². The Morgan fingerprint density at radius 2 is 2.25 bits per heavy atom. The van der Waals surface area contributed by atoms with Crippen LogP contribution in [0, 0.1) is 5.41 Å². The molecule has 1 aromatic rings. The molecular weight excluding hydrogens is 256 g/mol.